The van der Waals surface area contributed by atoms with Crippen molar-refractivity contribution in [3.05, 3.63) is 64.2 Å². The van der Waals surface area contributed by atoms with Gasteiger partial charge in [-0.2, -0.15) is 0 Å². The first-order valence-corrected chi connectivity index (χ1v) is 13.5. The lowest BCUT2D eigenvalue weighted by atomic mass is 9.88. The quantitative estimate of drug-likeness (QED) is 0.608. The van der Waals surface area contributed by atoms with Crippen LogP contribution in [0.3, 0.4) is 0 Å². The molecule has 2 aromatic carbocycles. The number of hydrogen-bond acceptors (Lipinski definition) is 3. The summed E-state index contributed by atoms with van der Waals surface area (Å²) in [6.07, 6.45) is 6.93. The Labute approximate surface area is 193 Å². The fourth-order valence-corrected chi connectivity index (χ4v) is 5.79. The third kappa shape index (κ3) is 5.34. The van der Waals surface area contributed by atoms with Gasteiger partial charge < -0.3 is 5.32 Å². The molecule has 1 N–H and O–H groups in total. The molecule has 0 spiro atoms. The second-order valence-electron chi connectivity index (χ2n) is 8.96. The molecule has 174 valence electrons. The lowest BCUT2D eigenvalue weighted by Gasteiger charge is -2.32. The van der Waals surface area contributed by atoms with E-state index >= 15 is 0 Å². The largest absolute Gasteiger partial charge is 0.347 e. The lowest BCUT2D eigenvalue weighted by Crippen LogP contribution is -2.50. The molecule has 0 unspecified atom stereocenters. The van der Waals surface area contributed by atoms with Gasteiger partial charge in [-0.3, -0.25) is 9.10 Å². The molecule has 0 bridgehead atoms. The fraction of sp³-hybridized carbons (Fsp3) is 0.500. The number of fused-ring (bicyclic) bond motifs is 1. The van der Waals surface area contributed by atoms with Gasteiger partial charge in [0.15, 0.2) is 0 Å². The van der Waals surface area contributed by atoms with Gasteiger partial charge >= 0.3 is 0 Å². The summed E-state index contributed by atoms with van der Waals surface area (Å²) < 4.78 is 26.8. The van der Waals surface area contributed by atoms with Gasteiger partial charge in [0.25, 0.3) is 0 Å². The Hall–Kier alpha value is -2.34. The molecule has 5 nitrogen and oxygen atoms in total. The van der Waals surface area contributed by atoms with Crippen LogP contribution in [0.1, 0.15) is 73.4 Å². The van der Waals surface area contributed by atoms with E-state index in [9.17, 15) is 13.2 Å². The van der Waals surface area contributed by atoms with Crippen LogP contribution in [-0.2, 0) is 27.7 Å². The molecule has 0 aliphatic heterocycles. The zero-order valence-electron chi connectivity index (χ0n) is 19.9. The first-order chi connectivity index (χ1) is 15.2. The third-order valence-corrected chi connectivity index (χ3v) is 7.75. The molecule has 6 heteroatoms. The highest BCUT2D eigenvalue weighted by molar-refractivity contribution is 7.92. The second kappa shape index (κ2) is 10.1. The van der Waals surface area contributed by atoms with Gasteiger partial charge in [0.05, 0.1) is 18.0 Å². The summed E-state index contributed by atoms with van der Waals surface area (Å²) >= 11 is 0. The molecule has 0 heterocycles. The molecule has 0 aromatic heterocycles. The number of hydrogen-bond donors (Lipinski definition) is 1. The number of aryl methyl sites for hydroxylation is 4. The summed E-state index contributed by atoms with van der Waals surface area (Å²) in [5, 5.41) is 3.14. The summed E-state index contributed by atoms with van der Waals surface area (Å²) in [6, 6.07) is 11.1. The zero-order chi connectivity index (χ0) is 23.5. The SMILES string of the molecule is CC[C@H](C(=O)N[C@H](CC)c1ccc2c(c1)CCCC2)N(c1ccc(C)c(C)c1)S(C)(=O)=O. The standard InChI is InChI=1S/C26H36N2O3S/c1-6-24(22-14-13-20-10-8-9-11-21(20)17-22)27-26(29)25(7-2)28(32(5,30)31)23-15-12-18(3)19(4)16-23/h12-17,24-25H,6-11H2,1-5H3,(H,27,29)/t24-,25-/m1/s1. The monoisotopic (exact) mass is 456 g/mol. The van der Waals surface area contributed by atoms with Crippen molar-refractivity contribution in [3.63, 3.8) is 0 Å². The summed E-state index contributed by atoms with van der Waals surface area (Å²) in [5.74, 6) is -0.263. The Kier molecular flexibility index (Phi) is 7.65. The molecule has 2 atom stereocenters. The minimum atomic E-state index is -3.65. The highest BCUT2D eigenvalue weighted by atomic mass is 32.2. The van der Waals surface area contributed by atoms with Crippen LogP contribution < -0.4 is 9.62 Å². The summed E-state index contributed by atoms with van der Waals surface area (Å²) in [5.41, 5.74) is 6.48. The van der Waals surface area contributed by atoms with E-state index in [-0.39, 0.29) is 11.9 Å². The topological polar surface area (TPSA) is 66.5 Å². The van der Waals surface area contributed by atoms with Crippen LogP contribution in [0, 0.1) is 13.8 Å². The number of carbonyl (C=O) groups excluding carboxylic acids is 1. The second-order valence-corrected chi connectivity index (χ2v) is 10.8. The van der Waals surface area contributed by atoms with Gasteiger partial charge in [-0.1, -0.05) is 38.1 Å². The summed E-state index contributed by atoms with van der Waals surface area (Å²) in [6.45, 7) is 7.83. The van der Waals surface area contributed by atoms with E-state index in [2.05, 4.69) is 23.5 Å². The Bertz CT molecular complexity index is 1080. The Balaban J connectivity index is 1.89. The maximum atomic E-state index is 13.4. The molecule has 1 aliphatic rings. The van der Waals surface area contributed by atoms with Crippen LogP contribution in [-0.4, -0.2) is 26.6 Å². The smallest absolute Gasteiger partial charge is 0.244 e. The van der Waals surface area contributed by atoms with E-state index in [4.69, 9.17) is 0 Å². The minimum absolute atomic E-state index is 0.148. The summed E-state index contributed by atoms with van der Waals surface area (Å²) in [4.78, 5) is 13.4. The van der Waals surface area contributed by atoms with Crippen molar-refractivity contribution in [1.82, 2.24) is 5.32 Å². The van der Waals surface area contributed by atoms with Crippen molar-refractivity contribution in [1.29, 1.82) is 0 Å². The van der Waals surface area contributed by atoms with Crippen LogP contribution in [0.15, 0.2) is 36.4 Å². The van der Waals surface area contributed by atoms with E-state index in [0.29, 0.717) is 12.1 Å². The van der Waals surface area contributed by atoms with Crippen LogP contribution in [0.2, 0.25) is 0 Å². The van der Waals surface area contributed by atoms with Crippen molar-refractivity contribution in [2.45, 2.75) is 78.3 Å². The molecule has 0 fully saturated rings. The number of sulfonamides is 1. The molecule has 1 aliphatic carbocycles. The molecule has 2 aromatic rings. The average Bonchev–Trinajstić information content (AvgIpc) is 2.76. The van der Waals surface area contributed by atoms with E-state index < -0.39 is 16.1 Å². The number of rotatable bonds is 8. The first-order valence-electron chi connectivity index (χ1n) is 11.6. The van der Waals surface area contributed by atoms with Gasteiger partial charge in [0, 0.05) is 0 Å². The molecular formula is C26H36N2O3S. The predicted octanol–water partition coefficient (Wildman–Crippen LogP) is 4.99. The number of amides is 1. The number of nitrogens with one attached hydrogen (secondary N) is 1. The minimum Gasteiger partial charge on any atom is -0.347 e. The highest BCUT2D eigenvalue weighted by Gasteiger charge is 2.32. The fourth-order valence-electron chi connectivity index (χ4n) is 4.58. The van der Waals surface area contributed by atoms with Crippen molar-refractivity contribution in [3.8, 4) is 0 Å². The van der Waals surface area contributed by atoms with Crippen molar-refractivity contribution in [2.75, 3.05) is 10.6 Å². The number of benzene rings is 2. The normalized spacial score (nSPS) is 15.5. The number of anilines is 1. The molecule has 0 saturated heterocycles. The van der Waals surface area contributed by atoms with Crippen molar-refractivity contribution in [2.24, 2.45) is 0 Å². The lowest BCUT2D eigenvalue weighted by molar-refractivity contribution is -0.123. The molecule has 3 rings (SSSR count). The number of nitrogens with zero attached hydrogens (tertiary/aromatic N) is 1. The van der Waals surface area contributed by atoms with E-state index in [1.165, 1.54) is 34.5 Å². The highest BCUT2D eigenvalue weighted by Crippen LogP contribution is 2.28. The van der Waals surface area contributed by atoms with E-state index in [1.54, 1.807) is 6.07 Å². The van der Waals surface area contributed by atoms with Gasteiger partial charge in [-0.15, -0.1) is 0 Å². The Morgan fingerprint density at radius 1 is 0.969 bits per heavy atom. The summed E-state index contributed by atoms with van der Waals surface area (Å²) in [7, 11) is -3.65. The predicted molar refractivity (Wildman–Crippen MR) is 132 cm³/mol. The van der Waals surface area contributed by atoms with Crippen LogP contribution in [0.25, 0.3) is 0 Å². The third-order valence-electron chi connectivity index (χ3n) is 6.57. The Morgan fingerprint density at radius 2 is 1.66 bits per heavy atom. The van der Waals surface area contributed by atoms with E-state index in [1.807, 2.05) is 39.8 Å². The first kappa shape index (κ1) is 24.3. The van der Waals surface area contributed by atoms with Gasteiger partial charge in [-0.25, -0.2) is 8.42 Å². The van der Waals surface area contributed by atoms with Crippen LogP contribution in [0.4, 0.5) is 5.69 Å². The Morgan fingerprint density at radius 3 is 2.25 bits per heavy atom. The zero-order valence-corrected chi connectivity index (χ0v) is 20.8. The van der Waals surface area contributed by atoms with Crippen LogP contribution >= 0.6 is 0 Å². The van der Waals surface area contributed by atoms with Gasteiger partial charge in [-0.05, 0) is 92.3 Å². The molecule has 0 radical (unpaired) electrons. The number of carbonyl (C=O) groups is 1. The molecule has 1 amide bonds. The molecule has 0 saturated carbocycles. The van der Waals surface area contributed by atoms with E-state index in [0.717, 1.165) is 36.0 Å². The maximum Gasteiger partial charge on any atom is 0.244 e. The van der Waals surface area contributed by atoms with Crippen LogP contribution in [0.5, 0.6) is 0 Å². The maximum absolute atomic E-state index is 13.4. The van der Waals surface area contributed by atoms with Gasteiger partial charge in [0.2, 0.25) is 15.9 Å². The van der Waals surface area contributed by atoms with Crippen molar-refractivity contribution >= 4 is 21.6 Å². The molecular weight excluding hydrogens is 420 g/mol. The molecule has 32 heavy (non-hydrogen) atoms. The van der Waals surface area contributed by atoms with Crippen molar-refractivity contribution < 1.29 is 13.2 Å². The van der Waals surface area contributed by atoms with Gasteiger partial charge in [0.1, 0.15) is 6.04 Å². The average molecular weight is 457 g/mol.